The zero-order chi connectivity index (χ0) is 14.7. The standard InChI is InChI=1S/C8H8O.C8H6O/c2*1-4-7-8(9,5-2)6-3/h2-4,7,9H,1H3;2-3,9H,1H3/b7-4+;. The highest BCUT2D eigenvalue weighted by molar-refractivity contribution is 5.38. The van der Waals surface area contributed by atoms with E-state index in [0.29, 0.717) is 0 Å². The van der Waals surface area contributed by atoms with Gasteiger partial charge in [-0.3, -0.25) is 0 Å². The molecule has 0 saturated carbocycles. The third-order valence-corrected chi connectivity index (χ3v) is 1.57. The predicted octanol–water partition coefficient (Wildman–Crippen LogP) is 0.567. The molecule has 0 unspecified atom stereocenters. The number of aliphatic hydroxyl groups is 2. The lowest BCUT2D eigenvalue weighted by Crippen LogP contribution is -2.20. The first-order valence-electron chi connectivity index (χ1n) is 4.80. The van der Waals surface area contributed by atoms with E-state index in [1.165, 1.54) is 6.08 Å². The van der Waals surface area contributed by atoms with Gasteiger partial charge >= 0.3 is 0 Å². The van der Waals surface area contributed by atoms with Gasteiger partial charge in [0.05, 0.1) is 0 Å². The Bertz CT molecular complexity index is 485. The molecule has 2 nitrogen and oxygen atoms in total. The Kier molecular flexibility index (Phi) is 8.52. The van der Waals surface area contributed by atoms with Gasteiger partial charge in [-0.15, -0.1) is 31.6 Å². The molecular weight excluding hydrogens is 224 g/mol. The molecule has 0 rings (SSSR count). The van der Waals surface area contributed by atoms with Crippen molar-refractivity contribution >= 4 is 0 Å². The van der Waals surface area contributed by atoms with Gasteiger partial charge < -0.3 is 10.2 Å². The molecule has 0 radical (unpaired) electrons. The second kappa shape index (κ2) is 8.59. The van der Waals surface area contributed by atoms with Crippen molar-refractivity contribution in [1.29, 1.82) is 0 Å². The van der Waals surface area contributed by atoms with Crippen molar-refractivity contribution < 1.29 is 10.2 Å². The summed E-state index contributed by atoms with van der Waals surface area (Å²) in [5.74, 6) is 12.8. The van der Waals surface area contributed by atoms with E-state index in [4.69, 9.17) is 35.9 Å². The molecule has 0 aliphatic carbocycles. The van der Waals surface area contributed by atoms with Gasteiger partial charge in [-0.2, -0.15) is 0 Å². The molecule has 0 saturated heterocycles. The lowest BCUT2D eigenvalue weighted by atomic mass is 10.1. The van der Waals surface area contributed by atoms with E-state index in [0.717, 1.165) is 0 Å². The molecule has 0 aliphatic rings. The molecule has 0 bridgehead atoms. The van der Waals surface area contributed by atoms with Crippen LogP contribution in [0.15, 0.2) is 12.2 Å². The van der Waals surface area contributed by atoms with Crippen molar-refractivity contribution in [2.45, 2.75) is 25.0 Å². The van der Waals surface area contributed by atoms with Gasteiger partial charge in [0.1, 0.15) is 0 Å². The average molecular weight is 238 g/mol. The SMILES string of the molecule is C#CC(O)(C#C)/C=C/C.C#CC(O)(C#C)C#CC. The smallest absolute Gasteiger partial charge is 0.251 e. The first-order chi connectivity index (χ1) is 8.36. The monoisotopic (exact) mass is 238 g/mol. The summed E-state index contributed by atoms with van der Waals surface area (Å²) in [5.41, 5.74) is -3.16. The largest absolute Gasteiger partial charge is 0.364 e. The van der Waals surface area contributed by atoms with Crippen LogP contribution >= 0.6 is 0 Å². The van der Waals surface area contributed by atoms with Crippen LogP contribution in [-0.2, 0) is 0 Å². The molecule has 0 fully saturated rings. The third kappa shape index (κ3) is 6.85. The van der Waals surface area contributed by atoms with Crippen molar-refractivity contribution in [3.05, 3.63) is 12.2 Å². The second-order valence-electron chi connectivity index (χ2n) is 2.93. The van der Waals surface area contributed by atoms with Crippen LogP contribution in [0.25, 0.3) is 0 Å². The van der Waals surface area contributed by atoms with E-state index in [-0.39, 0.29) is 0 Å². The topological polar surface area (TPSA) is 40.5 Å². The van der Waals surface area contributed by atoms with Crippen molar-refractivity contribution in [1.82, 2.24) is 0 Å². The molecule has 90 valence electrons. The van der Waals surface area contributed by atoms with Gasteiger partial charge in [0, 0.05) is 0 Å². The molecule has 2 N–H and O–H groups in total. The van der Waals surface area contributed by atoms with Crippen LogP contribution in [0.5, 0.6) is 0 Å². The van der Waals surface area contributed by atoms with Gasteiger partial charge in [0.15, 0.2) is 0 Å². The second-order valence-corrected chi connectivity index (χ2v) is 2.93. The minimum atomic E-state index is -1.67. The van der Waals surface area contributed by atoms with Crippen molar-refractivity contribution in [3.8, 4) is 61.2 Å². The Hall–Kier alpha value is -2.54. The Morgan fingerprint density at radius 2 is 1.39 bits per heavy atom. The van der Waals surface area contributed by atoms with E-state index >= 15 is 0 Å². The van der Waals surface area contributed by atoms with Crippen LogP contribution in [0.4, 0.5) is 0 Å². The first kappa shape index (κ1) is 17.8. The summed E-state index contributed by atoms with van der Waals surface area (Å²) >= 11 is 0. The molecule has 0 aliphatic heterocycles. The summed E-state index contributed by atoms with van der Waals surface area (Å²) in [6, 6.07) is 0. The Labute approximate surface area is 109 Å². The molecule has 0 heterocycles. The molecule has 0 spiro atoms. The minimum absolute atomic E-state index is 1.38. The van der Waals surface area contributed by atoms with Crippen LogP contribution in [0.3, 0.4) is 0 Å². The molecule has 18 heavy (non-hydrogen) atoms. The highest BCUT2D eigenvalue weighted by atomic mass is 16.3. The summed E-state index contributed by atoms with van der Waals surface area (Å²) in [7, 11) is 0. The van der Waals surface area contributed by atoms with Gasteiger partial charge in [-0.25, -0.2) is 0 Å². The van der Waals surface area contributed by atoms with E-state index in [1.807, 2.05) is 11.8 Å². The first-order valence-corrected chi connectivity index (χ1v) is 4.80. The zero-order valence-corrected chi connectivity index (χ0v) is 10.4. The van der Waals surface area contributed by atoms with Crippen molar-refractivity contribution in [3.63, 3.8) is 0 Å². The molecule has 0 aromatic rings. The predicted molar refractivity (Wildman–Crippen MR) is 73.5 cm³/mol. The quantitative estimate of drug-likeness (QED) is 0.518. The van der Waals surface area contributed by atoms with Gasteiger partial charge in [-0.1, -0.05) is 17.9 Å². The van der Waals surface area contributed by atoms with Crippen molar-refractivity contribution in [2.75, 3.05) is 0 Å². The summed E-state index contributed by atoms with van der Waals surface area (Å²) in [6.07, 6.45) is 22.5. The normalized spacial score (nSPS) is 9.33. The van der Waals surface area contributed by atoms with Crippen LogP contribution in [0.1, 0.15) is 13.8 Å². The maximum atomic E-state index is 9.07. The lowest BCUT2D eigenvalue weighted by Gasteiger charge is -2.06. The molecule has 0 atom stereocenters. The van der Waals surface area contributed by atoms with Crippen LogP contribution < -0.4 is 0 Å². The van der Waals surface area contributed by atoms with Crippen LogP contribution in [0.2, 0.25) is 0 Å². The summed E-state index contributed by atoms with van der Waals surface area (Å²) in [4.78, 5) is 0. The molecule has 0 aromatic heterocycles. The zero-order valence-electron chi connectivity index (χ0n) is 10.4. The average Bonchev–Trinajstić information content (AvgIpc) is 2.40. The summed E-state index contributed by atoms with van der Waals surface area (Å²) in [5, 5.41) is 18.1. The highest BCUT2D eigenvalue weighted by Crippen LogP contribution is 2.01. The maximum absolute atomic E-state index is 9.07. The fourth-order valence-corrected chi connectivity index (χ4v) is 0.674. The van der Waals surface area contributed by atoms with Gasteiger partial charge in [0.25, 0.3) is 5.60 Å². The summed E-state index contributed by atoms with van der Waals surface area (Å²) < 4.78 is 0. The van der Waals surface area contributed by atoms with Gasteiger partial charge in [-0.05, 0) is 37.7 Å². The number of terminal acetylenes is 4. The molecule has 0 amide bonds. The summed E-state index contributed by atoms with van der Waals surface area (Å²) in [6.45, 7) is 3.29. The number of rotatable bonds is 1. The van der Waals surface area contributed by atoms with E-state index < -0.39 is 11.2 Å². The molecule has 2 heteroatoms. The third-order valence-electron chi connectivity index (χ3n) is 1.57. The van der Waals surface area contributed by atoms with Crippen LogP contribution in [0, 0.1) is 61.2 Å². The Morgan fingerprint density at radius 3 is 1.50 bits per heavy atom. The minimum Gasteiger partial charge on any atom is -0.364 e. The Balaban J connectivity index is 0. The van der Waals surface area contributed by atoms with Crippen molar-refractivity contribution in [2.24, 2.45) is 0 Å². The number of hydrogen-bond acceptors (Lipinski definition) is 2. The highest BCUT2D eigenvalue weighted by Gasteiger charge is 2.14. The maximum Gasteiger partial charge on any atom is 0.251 e. The Morgan fingerprint density at radius 1 is 0.944 bits per heavy atom. The molecule has 0 aromatic carbocycles. The van der Waals surface area contributed by atoms with E-state index in [9.17, 15) is 0 Å². The van der Waals surface area contributed by atoms with Crippen LogP contribution in [-0.4, -0.2) is 21.4 Å². The lowest BCUT2D eigenvalue weighted by molar-refractivity contribution is 0.214. The fourth-order valence-electron chi connectivity index (χ4n) is 0.674. The number of allylic oxidation sites excluding steroid dienone is 1. The van der Waals surface area contributed by atoms with E-state index in [1.54, 1.807) is 19.9 Å². The fraction of sp³-hybridized carbons (Fsp3) is 0.250. The van der Waals surface area contributed by atoms with E-state index in [2.05, 4.69) is 23.7 Å². The number of hydrogen-bond donors (Lipinski definition) is 2. The molecular formula is C16H14O2. The van der Waals surface area contributed by atoms with Gasteiger partial charge in [0.2, 0.25) is 5.60 Å².